The fourth-order valence-corrected chi connectivity index (χ4v) is 2.23. The molecule has 1 aromatic rings. The zero-order chi connectivity index (χ0) is 12.3. The third kappa shape index (κ3) is 3.03. The van der Waals surface area contributed by atoms with Gasteiger partial charge < -0.3 is 0 Å². The van der Waals surface area contributed by atoms with E-state index in [1.165, 1.54) is 0 Å². The lowest BCUT2D eigenvalue weighted by atomic mass is 9.93. The lowest BCUT2D eigenvalue weighted by molar-refractivity contribution is -0.504. The van der Waals surface area contributed by atoms with Crippen LogP contribution in [-0.2, 0) is 0 Å². The number of aliphatic imine (C=N–C) groups is 1. The maximum Gasteiger partial charge on any atom is 0.250 e. The summed E-state index contributed by atoms with van der Waals surface area (Å²) in [4.78, 5) is 15.1. The van der Waals surface area contributed by atoms with E-state index in [0.717, 1.165) is 12.8 Å². The molecule has 5 heteroatoms. The average Bonchev–Trinajstić information content (AvgIpc) is 2.29. The Morgan fingerprint density at radius 3 is 2.94 bits per heavy atom. The molecule has 17 heavy (non-hydrogen) atoms. The predicted molar refractivity (Wildman–Crippen MR) is 67.8 cm³/mol. The van der Waals surface area contributed by atoms with Gasteiger partial charge in [-0.1, -0.05) is 17.7 Å². The van der Waals surface area contributed by atoms with Gasteiger partial charge in [-0.25, -0.2) is 0 Å². The molecule has 0 N–H and O–H groups in total. The van der Waals surface area contributed by atoms with Crippen LogP contribution in [-0.4, -0.2) is 16.7 Å². The van der Waals surface area contributed by atoms with Crippen LogP contribution in [0, 0.1) is 10.1 Å². The van der Waals surface area contributed by atoms with Crippen molar-refractivity contribution >= 4 is 23.0 Å². The van der Waals surface area contributed by atoms with E-state index in [0.29, 0.717) is 29.3 Å². The largest absolute Gasteiger partial charge is 0.264 e. The SMILES string of the molecule is O=[N+]([O-])[C@H]1CCCCC1=Nc1cccc(Cl)c1. The smallest absolute Gasteiger partial charge is 0.250 e. The standard InChI is InChI=1S/C12H13ClN2O2/c13-9-4-3-5-10(8-9)14-11-6-1-2-7-12(11)15(16)17/h3-5,8,12H,1-2,6-7H2/t12-/m0/s1. The third-order valence-corrected chi connectivity index (χ3v) is 3.12. The van der Waals surface area contributed by atoms with E-state index < -0.39 is 6.04 Å². The zero-order valence-electron chi connectivity index (χ0n) is 9.30. The molecule has 1 fully saturated rings. The Bertz CT molecular complexity index is 460. The number of hydrogen-bond donors (Lipinski definition) is 0. The summed E-state index contributed by atoms with van der Waals surface area (Å²) in [5.41, 5.74) is 1.37. The third-order valence-electron chi connectivity index (χ3n) is 2.88. The van der Waals surface area contributed by atoms with Crippen LogP contribution in [0.25, 0.3) is 0 Å². The summed E-state index contributed by atoms with van der Waals surface area (Å²) in [7, 11) is 0. The summed E-state index contributed by atoms with van der Waals surface area (Å²) in [6.07, 6.45) is 3.18. The molecule has 0 radical (unpaired) electrons. The Hall–Kier alpha value is -1.42. The van der Waals surface area contributed by atoms with Gasteiger partial charge in [0.05, 0.1) is 11.4 Å². The summed E-state index contributed by atoms with van der Waals surface area (Å²) >= 11 is 5.86. The van der Waals surface area contributed by atoms with Gasteiger partial charge >= 0.3 is 0 Å². The van der Waals surface area contributed by atoms with Crippen molar-refractivity contribution in [2.24, 2.45) is 4.99 Å². The Morgan fingerprint density at radius 1 is 1.41 bits per heavy atom. The van der Waals surface area contributed by atoms with E-state index >= 15 is 0 Å². The van der Waals surface area contributed by atoms with Crippen LogP contribution < -0.4 is 0 Å². The second-order valence-electron chi connectivity index (χ2n) is 4.13. The first-order valence-corrected chi connectivity index (χ1v) is 6.01. The monoisotopic (exact) mass is 252 g/mol. The minimum Gasteiger partial charge on any atom is -0.264 e. The molecule has 0 aromatic heterocycles. The van der Waals surface area contributed by atoms with Crippen molar-refractivity contribution in [1.82, 2.24) is 0 Å². The number of nitro groups is 1. The number of nitrogens with zero attached hydrogens (tertiary/aromatic N) is 2. The number of benzene rings is 1. The molecule has 1 aliphatic rings. The molecule has 0 spiro atoms. The molecule has 1 atom stereocenters. The van der Waals surface area contributed by atoms with E-state index in [1.807, 2.05) is 6.07 Å². The fraction of sp³-hybridized carbons (Fsp3) is 0.417. The normalized spacial score (nSPS) is 22.6. The van der Waals surface area contributed by atoms with Crippen LogP contribution in [0.4, 0.5) is 5.69 Å². The number of halogens is 1. The van der Waals surface area contributed by atoms with Gasteiger partial charge in [0.25, 0.3) is 6.04 Å². The molecule has 0 unspecified atom stereocenters. The van der Waals surface area contributed by atoms with Crippen LogP contribution in [0.5, 0.6) is 0 Å². The summed E-state index contributed by atoms with van der Waals surface area (Å²) in [5.74, 6) is 0. The van der Waals surface area contributed by atoms with Crippen LogP contribution >= 0.6 is 11.6 Å². The molecular weight excluding hydrogens is 240 g/mol. The number of hydrogen-bond acceptors (Lipinski definition) is 3. The van der Waals surface area contributed by atoms with Crippen molar-refractivity contribution < 1.29 is 4.92 Å². The van der Waals surface area contributed by atoms with Crippen molar-refractivity contribution in [2.45, 2.75) is 31.7 Å². The lowest BCUT2D eigenvalue weighted by Gasteiger charge is -2.17. The summed E-state index contributed by atoms with van der Waals surface area (Å²) in [5, 5.41) is 11.5. The van der Waals surface area contributed by atoms with Crippen molar-refractivity contribution in [2.75, 3.05) is 0 Å². The first kappa shape index (κ1) is 12.0. The number of rotatable bonds is 2. The Labute approximate surface area is 104 Å². The molecule has 90 valence electrons. The quantitative estimate of drug-likeness (QED) is 0.596. The molecule has 0 aliphatic heterocycles. The molecule has 0 amide bonds. The first-order valence-electron chi connectivity index (χ1n) is 5.63. The maximum absolute atomic E-state index is 10.9. The van der Waals surface area contributed by atoms with Crippen molar-refractivity contribution in [1.29, 1.82) is 0 Å². The van der Waals surface area contributed by atoms with Crippen LogP contribution in [0.15, 0.2) is 29.3 Å². The van der Waals surface area contributed by atoms with Gasteiger partial charge in [-0.05, 0) is 37.5 Å². The predicted octanol–water partition coefficient (Wildman–Crippen LogP) is 3.63. The Morgan fingerprint density at radius 2 is 2.24 bits per heavy atom. The van der Waals surface area contributed by atoms with Crippen LogP contribution in [0.2, 0.25) is 5.02 Å². The van der Waals surface area contributed by atoms with Crippen LogP contribution in [0.1, 0.15) is 25.7 Å². The minimum absolute atomic E-state index is 0.234. The Balaban J connectivity index is 2.27. The van der Waals surface area contributed by atoms with E-state index in [9.17, 15) is 10.1 Å². The lowest BCUT2D eigenvalue weighted by Crippen LogP contribution is -2.32. The van der Waals surface area contributed by atoms with E-state index in [4.69, 9.17) is 11.6 Å². The van der Waals surface area contributed by atoms with Gasteiger partial charge in [-0.2, -0.15) is 0 Å². The van der Waals surface area contributed by atoms with Crippen molar-refractivity contribution in [3.8, 4) is 0 Å². The molecule has 1 aliphatic carbocycles. The van der Waals surface area contributed by atoms with Crippen molar-refractivity contribution in [3.63, 3.8) is 0 Å². The molecule has 1 saturated carbocycles. The maximum atomic E-state index is 10.9. The van der Waals surface area contributed by atoms with Crippen LogP contribution in [0.3, 0.4) is 0 Å². The zero-order valence-corrected chi connectivity index (χ0v) is 10.1. The highest BCUT2D eigenvalue weighted by atomic mass is 35.5. The van der Waals surface area contributed by atoms with Gasteiger partial charge in [0.1, 0.15) is 0 Å². The summed E-state index contributed by atoms with van der Waals surface area (Å²) in [6, 6.07) is 6.47. The Kier molecular flexibility index (Phi) is 3.74. The highest BCUT2D eigenvalue weighted by Crippen LogP contribution is 2.23. The van der Waals surface area contributed by atoms with Gasteiger partial charge in [-0.15, -0.1) is 0 Å². The molecule has 0 bridgehead atoms. The summed E-state index contributed by atoms with van der Waals surface area (Å²) in [6.45, 7) is 0. The molecule has 0 saturated heterocycles. The van der Waals surface area contributed by atoms with Gasteiger partial charge in [-0.3, -0.25) is 15.1 Å². The molecule has 1 aromatic carbocycles. The fourth-order valence-electron chi connectivity index (χ4n) is 2.05. The van der Waals surface area contributed by atoms with E-state index in [-0.39, 0.29) is 4.92 Å². The molecule has 0 heterocycles. The van der Waals surface area contributed by atoms with Crippen molar-refractivity contribution in [3.05, 3.63) is 39.4 Å². The second kappa shape index (κ2) is 5.27. The summed E-state index contributed by atoms with van der Waals surface area (Å²) < 4.78 is 0. The first-order chi connectivity index (χ1) is 8.16. The molecule has 4 nitrogen and oxygen atoms in total. The second-order valence-corrected chi connectivity index (χ2v) is 4.57. The molecule has 2 rings (SSSR count). The topological polar surface area (TPSA) is 55.5 Å². The van der Waals surface area contributed by atoms with Gasteiger partial charge in [0, 0.05) is 16.4 Å². The highest BCUT2D eigenvalue weighted by Gasteiger charge is 2.29. The highest BCUT2D eigenvalue weighted by molar-refractivity contribution is 6.30. The minimum atomic E-state index is -0.622. The van der Waals surface area contributed by atoms with E-state index in [1.54, 1.807) is 18.2 Å². The van der Waals surface area contributed by atoms with Gasteiger partial charge in [0.2, 0.25) is 0 Å². The van der Waals surface area contributed by atoms with E-state index in [2.05, 4.69) is 4.99 Å². The van der Waals surface area contributed by atoms with Gasteiger partial charge in [0.15, 0.2) is 0 Å². The average molecular weight is 253 g/mol. The molecular formula is C12H13ClN2O2.